The van der Waals surface area contributed by atoms with E-state index < -0.39 is 11.2 Å². The number of hydrogen-bond donors (Lipinski definition) is 2. The zero-order chi connectivity index (χ0) is 23.8. The minimum atomic E-state index is -0.620. The summed E-state index contributed by atoms with van der Waals surface area (Å²) in [5, 5.41) is 4.42. The first-order valence-electron chi connectivity index (χ1n) is 10.5. The van der Waals surface area contributed by atoms with Crippen molar-refractivity contribution in [3.05, 3.63) is 99.9 Å². The van der Waals surface area contributed by atoms with E-state index in [1.54, 1.807) is 37.3 Å². The number of amides is 3. The molecule has 3 amide bonds. The Morgan fingerprint density at radius 1 is 0.971 bits per heavy atom. The van der Waals surface area contributed by atoms with Crippen LogP contribution in [0.4, 0.5) is 10.5 Å². The number of carbonyl (C=O) groups excluding carboxylic acids is 3. The molecule has 2 heterocycles. The number of hydrogen-bond acceptors (Lipinski definition) is 6. The fraction of sp³-hybridized carbons (Fsp3) is 0.0769. The van der Waals surface area contributed by atoms with Crippen LogP contribution in [-0.2, 0) is 4.79 Å². The summed E-state index contributed by atoms with van der Waals surface area (Å²) in [6.45, 7) is 1.78. The molecule has 0 saturated carbocycles. The highest BCUT2D eigenvalue weighted by atomic mass is 32.2. The van der Waals surface area contributed by atoms with E-state index in [0.29, 0.717) is 33.3 Å². The van der Waals surface area contributed by atoms with E-state index in [-0.39, 0.29) is 22.3 Å². The molecule has 1 saturated heterocycles. The number of aryl methyl sites for hydroxylation is 1. The van der Waals surface area contributed by atoms with Crippen molar-refractivity contribution in [2.45, 2.75) is 12.2 Å². The van der Waals surface area contributed by atoms with E-state index in [1.165, 1.54) is 6.07 Å². The van der Waals surface area contributed by atoms with Gasteiger partial charge in [0.25, 0.3) is 11.1 Å². The van der Waals surface area contributed by atoms with E-state index in [2.05, 4.69) is 10.6 Å². The molecular formula is C26H18N2O5S. The number of para-hydroxylation sites is 1. The Morgan fingerprint density at radius 2 is 1.76 bits per heavy atom. The van der Waals surface area contributed by atoms with Crippen LogP contribution < -0.4 is 16.1 Å². The molecule has 1 unspecified atom stereocenters. The summed E-state index contributed by atoms with van der Waals surface area (Å²) in [6.07, 6.45) is 0. The molecule has 2 N–H and O–H groups in total. The average molecular weight is 471 g/mol. The SMILES string of the molecule is Cc1cc(C2SC(=O)NC2=O)ccc1NC(=O)c1cc(=O)c2cccc(-c3ccccc3)c2o1. The van der Waals surface area contributed by atoms with Gasteiger partial charge >= 0.3 is 0 Å². The molecule has 0 radical (unpaired) electrons. The average Bonchev–Trinajstić information content (AvgIpc) is 3.18. The molecule has 3 aromatic carbocycles. The number of rotatable bonds is 4. The summed E-state index contributed by atoms with van der Waals surface area (Å²) in [4.78, 5) is 49.2. The van der Waals surface area contributed by atoms with E-state index in [4.69, 9.17) is 4.42 Å². The molecule has 0 spiro atoms. The highest BCUT2D eigenvalue weighted by Crippen LogP contribution is 2.35. The minimum absolute atomic E-state index is 0.110. The predicted octanol–water partition coefficient (Wildman–Crippen LogP) is 5.04. The van der Waals surface area contributed by atoms with E-state index >= 15 is 0 Å². The molecule has 0 aliphatic carbocycles. The number of fused-ring (bicyclic) bond motifs is 1. The number of benzene rings is 3. The molecule has 1 fully saturated rings. The van der Waals surface area contributed by atoms with Crippen LogP contribution in [0, 0.1) is 6.92 Å². The molecule has 34 heavy (non-hydrogen) atoms. The van der Waals surface area contributed by atoms with Gasteiger partial charge in [-0.25, -0.2) is 0 Å². The number of imide groups is 1. The van der Waals surface area contributed by atoms with Gasteiger partial charge in [0.1, 0.15) is 10.8 Å². The maximum absolute atomic E-state index is 13.0. The third kappa shape index (κ3) is 3.99. The molecule has 1 aliphatic heterocycles. The zero-order valence-corrected chi connectivity index (χ0v) is 18.8. The molecule has 8 heteroatoms. The van der Waals surface area contributed by atoms with E-state index in [0.717, 1.165) is 17.3 Å². The lowest BCUT2D eigenvalue weighted by molar-refractivity contribution is -0.119. The standard InChI is InChI=1S/C26H18N2O5S/c1-14-12-16(23-25(31)28-26(32)34-23)10-11-19(14)27-24(30)21-13-20(29)18-9-5-8-17(22(18)33-21)15-6-3-2-4-7-15/h2-13,23H,1H3,(H,27,30)(H,28,31,32). The molecular weight excluding hydrogens is 452 g/mol. The van der Waals surface area contributed by atoms with Crippen molar-refractivity contribution in [3.63, 3.8) is 0 Å². The number of nitrogens with one attached hydrogen (secondary N) is 2. The molecule has 7 nitrogen and oxygen atoms in total. The first-order chi connectivity index (χ1) is 16.4. The smallest absolute Gasteiger partial charge is 0.291 e. The summed E-state index contributed by atoms with van der Waals surface area (Å²) >= 11 is 0.918. The van der Waals surface area contributed by atoms with Crippen molar-refractivity contribution in [2.75, 3.05) is 5.32 Å². The highest BCUT2D eigenvalue weighted by molar-refractivity contribution is 8.15. The Balaban J connectivity index is 1.47. The normalized spacial score (nSPS) is 15.4. The fourth-order valence-electron chi connectivity index (χ4n) is 3.88. The Kier molecular flexibility index (Phi) is 5.51. The summed E-state index contributed by atoms with van der Waals surface area (Å²) in [5.74, 6) is -1.04. The Bertz CT molecular complexity index is 1530. The van der Waals surface area contributed by atoms with Crippen molar-refractivity contribution in [1.29, 1.82) is 0 Å². The van der Waals surface area contributed by atoms with Crippen LogP contribution in [0.15, 0.2) is 82.0 Å². The van der Waals surface area contributed by atoms with Gasteiger partial charge in [-0.05, 0) is 47.5 Å². The lowest BCUT2D eigenvalue weighted by Crippen LogP contribution is -2.20. The molecule has 5 rings (SSSR count). The third-order valence-corrected chi connectivity index (χ3v) is 6.59. The Labute approximate surface area is 198 Å². The third-order valence-electron chi connectivity index (χ3n) is 5.55. The van der Waals surface area contributed by atoms with Gasteiger partial charge in [-0.3, -0.25) is 24.5 Å². The number of anilines is 1. The Morgan fingerprint density at radius 3 is 2.47 bits per heavy atom. The number of carbonyl (C=O) groups is 3. The highest BCUT2D eigenvalue weighted by Gasteiger charge is 2.33. The van der Waals surface area contributed by atoms with Crippen molar-refractivity contribution in [3.8, 4) is 11.1 Å². The van der Waals surface area contributed by atoms with Crippen molar-refractivity contribution in [1.82, 2.24) is 5.32 Å². The van der Waals surface area contributed by atoms with Gasteiger partial charge in [0.05, 0.1) is 5.39 Å². The van der Waals surface area contributed by atoms with Crippen LogP contribution >= 0.6 is 11.8 Å². The lowest BCUT2D eigenvalue weighted by atomic mass is 10.0. The van der Waals surface area contributed by atoms with Crippen molar-refractivity contribution >= 4 is 45.5 Å². The maximum atomic E-state index is 13.0. The molecule has 168 valence electrons. The van der Waals surface area contributed by atoms with Gasteiger partial charge in [-0.15, -0.1) is 0 Å². The molecule has 4 aromatic rings. The summed E-state index contributed by atoms with van der Waals surface area (Å²) in [5.41, 5.74) is 3.47. The second-order valence-electron chi connectivity index (χ2n) is 7.83. The summed E-state index contributed by atoms with van der Waals surface area (Å²) in [6, 6.07) is 21.0. The van der Waals surface area contributed by atoms with E-state index in [9.17, 15) is 19.2 Å². The quantitative estimate of drug-likeness (QED) is 0.433. The summed E-state index contributed by atoms with van der Waals surface area (Å²) in [7, 11) is 0. The van der Waals surface area contributed by atoms with Gasteiger partial charge < -0.3 is 9.73 Å². The van der Waals surface area contributed by atoms with Gasteiger partial charge in [-0.1, -0.05) is 54.6 Å². The first kappa shape index (κ1) is 21.7. The van der Waals surface area contributed by atoms with Crippen molar-refractivity contribution in [2.24, 2.45) is 0 Å². The minimum Gasteiger partial charge on any atom is -0.450 e. The van der Waals surface area contributed by atoms with E-state index in [1.807, 2.05) is 36.4 Å². The number of thioether (sulfide) groups is 1. The zero-order valence-electron chi connectivity index (χ0n) is 18.0. The lowest BCUT2D eigenvalue weighted by Gasteiger charge is -2.12. The molecule has 1 aromatic heterocycles. The first-order valence-corrected chi connectivity index (χ1v) is 11.3. The van der Waals surface area contributed by atoms with Crippen molar-refractivity contribution < 1.29 is 18.8 Å². The van der Waals surface area contributed by atoms with Gasteiger partial charge in [-0.2, -0.15) is 0 Å². The topological polar surface area (TPSA) is 105 Å². The molecule has 0 bridgehead atoms. The van der Waals surface area contributed by atoms with Crippen LogP contribution in [0.1, 0.15) is 26.9 Å². The second kappa shape index (κ2) is 8.64. The largest absolute Gasteiger partial charge is 0.450 e. The predicted molar refractivity (Wildman–Crippen MR) is 131 cm³/mol. The van der Waals surface area contributed by atoms with Crippen LogP contribution in [0.5, 0.6) is 0 Å². The molecule has 1 atom stereocenters. The van der Waals surface area contributed by atoms with Gasteiger partial charge in [0.2, 0.25) is 5.91 Å². The Hall–Kier alpha value is -4.17. The fourth-order valence-corrected chi connectivity index (χ4v) is 4.71. The monoisotopic (exact) mass is 470 g/mol. The molecule has 1 aliphatic rings. The maximum Gasteiger partial charge on any atom is 0.291 e. The second-order valence-corrected chi connectivity index (χ2v) is 8.90. The van der Waals surface area contributed by atoms with Gasteiger partial charge in [0, 0.05) is 17.3 Å². The summed E-state index contributed by atoms with van der Waals surface area (Å²) < 4.78 is 5.93. The van der Waals surface area contributed by atoms with Crippen LogP contribution in [0.2, 0.25) is 0 Å². The van der Waals surface area contributed by atoms with Gasteiger partial charge in [0.15, 0.2) is 11.2 Å². The van der Waals surface area contributed by atoms with Crippen LogP contribution in [-0.4, -0.2) is 17.1 Å². The van der Waals surface area contributed by atoms with Crippen LogP contribution in [0.25, 0.3) is 22.1 Å². The van der Waals surface area contributed by atoms with Crippen LogP contribution in [0.3, 0.4) is 0 Å².